The van der Waals surface area contributed by atoms with Crippen molar-refractivity contribution < 1.29 is 14.6 Å². The highest BCUT2D eigenvalue weighted by atomic mass is 35.5. The van der Waals surface area contributed by atoms with E-state index in [1.807, 2.05) is 24.3 Å². The lowest BCUT2D eigenvalue weighted by Gasteiger charge is -2.61. The fourth-order valence-electron chi connectivity index (χ4n) is 6.57. The van der Waals surface area contributed by atoms with Crippen molar-refractivity contribution in [1.82, 2.24) is 9.78 Å². The van der Waals surface area contributed by atoms with E-state index in [0.717, 1.165) is 30.6 Å². The Labute approximate surface area is 185 Å². The normalized spacial score (nSPS) is 30.9. The van der Waals surface area contributed by atoms with E-state index in [-0.39, 0.29) is 10.9 Å². The highest BCUT2D eigenvalue weighted by Gasteiger charge is 2.59. The van der Waals surface area contributed by atoms with Gasteiger partial charge in [0.05, 0.1) is 24.5 Å². The van der Waals surface area contributed by atoms with E-state index in [1.165, 1.54) is 10.9 Å². The first-order valence-corrected chi connectivity index (χ1v) is 11.1. The lowest BCUT2D eigenvalue weighted by Crippen LogP contribution is -2.65. The molecule has 0 amide bonds. The van der Waals surface area contributed by atoms with Crippen molar-refractivity contribution in [2.24, 2.45) is 23.7 Å². The zero-order valence-corrected chi connectivity index (χ0v) is 18.1. The molecule has 4 aliphatic carbocycles. The van der Waals surface area contributed by atoms with Gasteiger partial charge < -0.3 is 20.0 Å². The van der Waals surface area contributed by atoms with Crippen LogP contribution in [0.25, 0.3) is 0 Å². The van der Waals surface area contributed by atoms with Crippen LogP contribution in [0.4, 0.5) is 5.69 Å². The van der Waals surface area contributed by atoms with Crippen LogP contribution in [0, 0.1) is 23.7 Å². The third kappa shape index (κ3) is 3.30. The number of nitrogens with zero attached hydrogens (tertiary/aromatic N) is 2. The molecule has 1 heterocycles. The molecule has 4 aliphatic rings. The molecule has 2 aromatic rings. The maximum atomic E-state index is 13.3. The zero-order chi connectivity index (χ0) is 21.8. The maximum absolute atomic E-state index is 13.3. The molecule has 31 heavy (non-hydrogen) atoms. The Morgan fingerprint density at radius 3 is 2.74 bits per heavy atom. The number of anilines is 1. The summed E-state index contributed by atoms with van der Waals surface area (Å²) in [6.45, 7) is 0.446. The van der Waals surface area contributed by atoms with Crippen molar-refractivity contribution in [2.45, 2.75) is 44.2 Å². The van der Waals surface area contributed by atoms with E-state index in [1.54, 1.807) is 7.11 Å². The molecule has 0 spiro atoms. The zero-order valence-electron chi connectivity index (χ0n) is 17.3. The van der Waals surface area contributed by atoms with Crippen LogP contribution in [0.15, 0.2) is 35.3 Å². The minimum absolute atomic E-state index is 0.0331. The van der Waals surface area contributed by atoms with Gasteiger partial charge in [0.25, 0.3) is 5.56 Å². The van der Waals surface area contributed by atoms with Gasteiger partial charge in [-0.05, 0) is 67.6 Å². The third-order valence-corrected chi connectivity index (χ3v) is 7.85. The number of nitrogens with one attached hydrogen (secondary N) is 1. The largest absolute Gasteiger partial charge is 0.550 e. The summed E-state index contributed by atoms with van der Waals surface area (Å²) in [4.78, 5) is 25.4. The molecule has 7 nitrogen and oxygen atoms in total. The molecule has 1 aromatic carbocycles. The molecule has 2 unspecified atom stereocenters. The predicted octanol–water partition coefficient (Wildman–Crippen LogP) is 2.42. The number of rotatable bonds is 6. The second-order valence-corrected chi connectivity index (χ2v) is 9.68. The monoisotopic (exact) mass is 442 g/mol. The number of benzene rings is 1. The van der Waals surface area contributed by atoms with Crippen molar-refractivity contribution in [3.8, 4) is 5.75 Å². The summed E-state index contributed by atoms with van der Waals surface area (Å²) in [5.74, 6) is -0.104. The standard InChI is InChI=1S/C23H26ClN3O4/c1-31-17-4-2-3-13(8-17)11-25-18-12-26-27(21(28)20(18)24)23-9-14-5-15(10-23)7-16(6-14)19(23)22(29)30/h2-4,8,12,14-16,19,25H,5-7,9-11H2,1H3,(H,29,30)/p-1/t14-,15+,16?,19-,23?/m1/s1. The van der Waals surface area contributed by atoms with Crippen LogP contribution in [0.3, 0.4) is 0 Å². The summed E-state index contributed by atoms with van der Waals surface area (Å²) >= 11 is 6.47. The Bertz CT molecular complexity index is 1070. The van der Waals surface area contributed by atoms with Gasteiger partial charge in [0.2, 0.25) is 0 Å². The lowest BCUT2D eigenvalue weighted by molar-refractivity contribution is -0.323. The SMILES string of the molecule is COc1cccc(CNc2cnn(C34C[C@@H]5CC(C[C@@H](C5)C3)[C@@H]4C(=O)[O-])c(=O)c2Cl)c1. The van der Waals surface area contributed by atoms with E-state index in [0.29, 0.717) is 36.9 Å². The van der Waals surface area contributed by atoms with Gasteiger partial charge in [0.15, 0.2) is 0 Å². The van der Waals surface area contributed by atoms with Gasteiger partial charge in [-0.2, -0.15) is 5.10 Å². The van der Waals surface area contributed by atoms with Crippen LogP contribution >= 0.6 is 11.6 Å². The molecule has 0 saturated heterocycles. The first-order valence-electron chi connectivity index (χ1n) is 10.8. The van der Waals surface area contributed by atoms with Gasteiger partial charge in [-0.1, -0.05) is 23.7 Å². The molecule has 6 rings (SSSR count). The van der Waals surface area contributed by atoms with Crippen LogP contribution in [0.5, 0.6) is 5.75 Å². The molecule has 4 fully saturated rings. The number of halogens is 1. The van der Waals surface area contributed by atoms with E-state index in [4.69, 9.17) is 16.3 Å². The van der Waals surface area contributed by atoms with Crippen LogP contribution < -0.4 is 20.7 Å². The van der Waals surface area contributed by atoms with E-state index in [9.17, 15) is 14.7 Å². The van der Waals surface area contributed by atoms with Gasteiger partial charge >= 0.3 is 0 Å². The lowest BCUT2D eigenvalue weighted by atomic mass is 9.48. The molecule has 164 valence electrons. The van der Waals surface area contributed by atoms with Gasteiger partial charge in [-0.3, -0.25) is 4.79 Å². The first-order chi connectivity index (χ1) is 14.9. The fourth-order valence-corrected chi connectivity index (χ4v) is 6.76. The number of carbonyl (C=O) groups is 1. The highest BCUT2D eigenvalue weighted by molar-refractivity contribution is 6.32. The third-order valence-electron chi connectivity index (χ3n) is 7.49. The van der Waals surface area contributed by atoms with Crippen molar-refractivity contribution in [3.05, 3.63) is 51.4 Å². The van der Waals surface area contributed by atoms with Crippen molar-refractivity contribution in [3.63, 3.8) is 0 Å². The summed E-state index contributed by atoms with van der Waals surface area (Å²) in [5.41, 5.74) is 0.128. The van der Waals surface area contributed by atoms with Gasteiger partial charge in [0, 0.05) is 18.4 Å². The molecule has 0 aliphatic heterocycles. The predicted molar refractivity (Wildman–Crippen MR) is 114 cm³/mol. The highest BCUT2D eigenvalue weighted by Crippen LogP contribution is 2.61. The topological polar surface area (TPSA) is 96.3 Å². The molecular formula is C23H25ClN3O4-. The summed E-state index contributed by atoms with van der Waals surface area (Å²) in [5, 5.41) is 19.8. The summed E-state index contributed by atoms with van der Waals surface area (Å²) < 4.78 is 6.61. The first kappa shape index (κ1) is 20.4. The number of hydrogen-bond donors (Lipinski definition) is 1. The molecule has 1 N–H and O–H groups in total. The van der Waals surface area contributed by atoms with Gasteiger partial charge in [-0.15, -0.1) is 0 Å². The number of carbonyl (C=O) groups excluding carboxylic acids is 1. The number of aliphatic carboxylic acids is 1. The molecule has 1 aromatic heterocycles. The number of carboxylic acids is 1. The minimum atomic E-state index is -1.08. The van der Waals surface area contributed by atoms with E-state index >= 15 is 0 Å². The number of aromatic nitrogens is 2. The Morgan fingerprint density at radius 2 is 2.06 bits per heavy atom. The van der Waals surface area contributed by atoms with E-state index in [2.05, 4.69) is 10.4 Å². The Kier molecular flexibility index (Phi) is 4.96. The van der Waals surface area contributed by atoms with Gasteiger partial charge in [0.1, 0.15) is 10.8 Å². The second kappa shape index (κ2) is 7.55. The van der Waals surface area contributed by atoms with Crippen molar-refractivity contribution in [1.29, 1.82) is 0 Å². The molecule has 8 heteroatoms. The summed E-state index contributed by atoms with van der Waals surface area (Å²) in [6, 6.07) is 7.59. The molecular weight excluding hydrogens is 418 g/mol. The number of methoxy groups -OCH3 is 1. The maximum Gasteiger partial charge on any atom is 0.288 e. The Balaban J connectivity index is 1.46. The van der Waals surface area contributed by atoms with Crippen LogP contribution in [-0.2, 0) is 16.9 Å². The second-order valence-electron chi connectivity index (χ2n) is 9.30. The molecule has 0 radical (unpaired) electrons. The molecule has 5 atom stereocenters. The minimum Gasteiger partial charge on any atom is -0.550 e. The summed E-state index contributed by atoms with van der Waals surface area (Å²) in [6.07, 6.45) is 5.76. The Morgan fingerprint density at radius 1 is 1.32 bits per heavy atom. The van der Waals surface area contributed by atoms with Crippen LogP contribution in [0.2, 0.25) is 5.02 Å². The molecule has 4 saturated carbocycles. The number of ether oxygens (including phenoxy) is 1. The average molecular weight is 443 g/mol. The Hall–Kier alpha value is -2.54. The average Bonchev–Trinajstić information content (AvgIpc) is 2.73. The number of carboxylic acid groups (broad SMARTS) is 1. The number of hydrogen-bond acceptors (Lipinski definition) is 6. The van der Waals surface area contributed by atoms with Crippen molar-refractivity contribution >= 4 is 23.3 Å². The van der Waals surface area contributed by atoms with E-state index < -0.39 is 23.0 Å². The summed E-state index contributed by atoms with van der Waals surface area (Å²) in [7, 11) is 1.61. The smallest absolute Gasteiger partial charge is 0.288 e. The molecule has 4 bridgehead atoms. The quantitative estimate of drug-likeness (QED) is 0.738. The van der Waals surface area contributed by atoms with Crippen molar-refractivity contribution in [2.75, 3.05) is 12.4 Å². The van der Waals surface area contributed by atoms with Crippen LogP contribution in [-0.4, -0.2) is 22.9 Å². The van der Waals surface area contributed by atoms with Gasteiger partial charge in [-0.25, -0.2) is 4.68 Å². The van der Waals surface area contributed by atoms with Crippen LogP contribution in [0.1, 0.15) is 37.7 Å². The fraction of sp³-hybridized carbons (Fsp3) is 0.522.